The van der Waals surface area contributed by atoms with E-state index >= 15 is 0 Å². The van der Waals surface area contributed by atoms with Crippen molar-refractivity contribution < 1.29 is 19.8 Å². The van der Waals surface area contributed by atoms with E-state index < -0.39 is 6.10 Å². The summed E-state index contributed by atoms with van der Waals surface area (Å²) in [5.41, 5.74) is 3.33. The molecule has 6 nitrogen and oxygen atoms in total. The highest BCUT2D eigenvalue weighted by Crippen LogP contribution is 2.40. The number of urea groups is 1. The molecule has 1 saturated heterocycles. The molecule has 198 valence electrons. The van der Waals surface area contributed by atoms with Gasteiger partial charge in [0.05, 0.1) is 12.7 Å². The molecule has 2 saturated carbocycles. The van der Waals surface area contributed by atoms with E-state index in [4.69, 9.17) is 0 Å². The third kappa shape index (κ3) is 6.24. The van der Waals surface area contributed by atoms with Crippen LogP contribution in [0.1, 0.15) is 79.9 Å². The van der Waals surface area contributed by atoms with Gasteiger partial charge in [0.2, 0.25) is 0 Å². The van der Waals surface area contributed by atoms with Gasteiger partial charge in [-0.3, -0.25) is 4.79 Å². The summed E-state index contributed by atoms with van der Waals surface area (Å²) in [4.78, 5) is 30.3. The van der Waals surface area contributed by atoms with Crippen LogP contribution >= 0.6 is 0 Å². The van der Waals surface area contributed by atoms with Crippen molar-refractivity contribution in [3.8, 4) is 0 Å². The molecule has 3 aliphatic rings. The first-order valence-electron chi connectivity index (χ1n) is 14.0. The van der Waals surface area contributed by atoms with Gasteiger partial charge in [-0.25, -0.2) is 4.79 Å². The molecular weight excluding hydrogens is 464 g/mol. The molecule has 0 aromatic heterocycles. The normalized spacial score (nSPS) is 24.6. The maximum Gasteiger partial charge on any atom is 0.320 e. The minimum atomic E-state index is -0.407. The molecule has 2 aromatic rings. The van der Waals surface area contributed by atoms with Gasteiger partial charge in [0.1, 0.15) is 5.78 Å². The second-order valence-corrected chi connectivity index (χ2v) is 11.2. The van der Waals surface area contributed by atoms with Gasteiger partial charge in [0, 0.05) is 43.9 Å². The maximum absolute atomic E-state index is 13.5. The quantitative estimate of drug-likeness (QED) is 0.512. The SMILES string of the molecule is O=C(C[C@@H](CO)c1ccccc1)C1CCCC[C@H]1c1ccc(CN(C(=O)N2CCC(O)C2)C2CC2)cc1. The molecular formula is C31H40N2O4. The maximum atomic E-state index is 13.5. The van der Waals surface area contributed by atoms with Crippen LogP contribution < -0.4 is 0 Å². The number of likely N-dealkylation sites (tertiary alicyclic amines) is 1. The summed E-state index contributed by atoms with van der Waals surface area (Å²) >= 11 is 0. The van der Waals surface area contributed by atoms with Crippen LogP contribution in [0.2, 0.25) is 0 Å². The van der Waals surface area contributed by atoms with Gasteiger partial charge in [0.15, 0.2) is 0 Å². The molecule has 5 rings (SSSR count). The van der Waals surface area contributed by atoms with E-state index in [0.717, 1.165) is 49.7 Å². The number of hydrogen-bond donors (Lipinski definition) is 2. The molecule has 1 aliphatic heterocycles. The molecule has 0 radical (unpaired) electrons. The summed E-state index contributed by atoms with van der Waals surface area (Å²) in [6.07, 6.45) is 6.84. The summed E-state index contributed by atoms with van der Waals surface area (Å²) in [7, 11) is 0. The Labute approximate surface area is 220 Å². The summed E-state index contributed by atoms with van der Waals surface area (Å²) in [5, 5.41) is 19.8. The van der Waals surface area contributed by atoms with Crippen LogP contribution in [0.15, 0.2) is 54.6 Å². The molecule has 3 fully saturated rings. The summed E-state index contributed by atoms with van der Waals surface area (Å²) in [6, 6.07) is 18.7. The first-order chi connectivity index (χ1) is 18.0. The molecule has 2 unspecified atom stereocenters. The van der Waals surface area contributed by atoms with Crippen molar-refractivity contribution in [3.05, 3.63) is 71.3 Å². The van der Waals surface area contributed by atoms with Crippen molar-refractivity contribution in [2.24, 2.45) is 5.92 Å². The molecule has 4 atom stereocenters. The number of aliphatic hydroxyl groups excluding tert-OH is 2. The fourth-order valence-electron chi connectivity index (χ4n) is 6.23. The number of aliphatic hydroxyl groups is 2. The Morgan fingerprint density at radius 1 is 0.946 bits per heavy atom. The number of rotatable bonds is 9. The minimum absolute atomic E-state index is 0.0107. The molecule has 1 heterocycles. The Hall–Kier alpha value is -2.70. The van der Waals surface area contributed by atoms with Crippen molar-refractivity contribution in [1.29, 1.82) is 0 Å². The van der Waals surface area contributed by atoms with Gasteiger partial charge in [-0.1, -0.05) is 67.4 Å². The Balaban J connectivity index is 1.25. The lowest BCUT2D eigenvalue weighted by atomic mass is 9.72. The Kier molecular flexibility index (Phi) is 8.26. The van der Waals surface area contributed by atoms with Gasteiger partial charge in [-0.05, 0) is 54.7 Å². The number of amides is 2. The molecule has 2 N–H and O–H groups in total. The highest BCUT2D eigenvalue weighted by molar-refractivity contribution is 5.83. The van der Waals surface area contributed by atoms with Gasteiger partial charge in [0.25, 0.3) is 0 Å². The van der Waals surface area contributed by atoms with E-state index in [1.165, 1.54) is 5.56 Å². The third-order valence-electron chi connectivity index (χ3n) is 8.55. The summed E-state index contributed by atoms with van der Waals surface area (Å²) in [5.74, 6) is 0.303. The number of benzene rings is 2. The molecule has 0 bridgehead atoms. The number of β-amino-alcohol motifs (C(OH)–C–C–N with tert-alkyl or cyclic N) is 1. The highest BCUT2D eigenvalue weighted by atomic mass is 16.3. The third-order valence-corrected chi connectivity index (χ3v) is 8.55. The van der Waals surface area contributed by atoms with Crippen LogP contribution in [0.25, 0.3) is 0 Å². The minimum Gasteiger partial charge on any atom is -0.396 e. The van der Waals surface area contributed by atoms with E-state index in [0.29, 0.717) is 38.5 Å². The Bertz CT molecular complexity index is 1050. The van der Waals surface area contributed by atoms with Crippen molar-refractivity contribution in [2.45, 2.75) is 81.9 Å². The second kappa shape index (κ2) is 11.8. The largest absolute Gasteiger partial charge is 0.396 e. The standard InChI is InChI=1S/C31H40N2O4/c34-21-25(23-6-2-1-3-7-23)18-30(36)29-9-5-4-8-28(29)24-12-10-22(11-13-24)19-33(26-14-15-26)31(37)32-17-16-27(35)20-32/h1-3,6-7,10-13,25-29,34-35H,4-5,8-9,14-21H2/t25-,27?,28-,29?/m0/s1. The average molecular weight is 505 g/mol. The van der Waals surface area contributed by atoms with E-state index in [1.54, 1.807) is 4.90 Å². The molecule has 6 heteroatoms. The lowest BCUT2D eigenvalue weighted by Gasteiger charge is -2.32. The van der Waals surface area contributed by atoms with Crippen LogP contribution in [0, 0.1) is 5.92 Å². The Morgan fingerprint density at radius 2 is 1.68 bits per heavy atom. The first kappa shape index (κ1) is 25.9. The summed E-state index contributed by atoms with van der Waals surface area (Å²) < 4.78 is 0. The number of carbonyl (C=O) groups excluding carboxylic acids is 2. The highest BCUT2D eigenvalue weighted by Gasteiger charge is 2.37. The van der Waals surface area contributed by atoms with Crippen molar-refractivity contribution in [2.75, 3.05) is 19.7 Å². The molecule has 0 spiro atoms. The van der Waals surface area contributed by atoms with Crippen molar-refractivity contribution in [3.63, 3.8) is 0 Å². The van der Waals surface area contributed by atoms with E-state index in [1.807, 2.05) is 35.2 Å². The zero-order valence-electron chi connectivity index (χ0n) is 21.7. The Morgan fingerprint density at radius 3 is 2.32 bits per heavy atom. The zero-order chi connectivity index (χ0) is 25.8. The first-order valence-corrected chi connectivity index (χ1v) is 14.0. The topological polar surface area (TPSA) is 81.1 Å². The molecule has 2 aliphatic carbocycles. The van der Waals surface area contributed by atoms with Gasteiger partial charge in [-0.15, -0.1) is 0 Å². The number of hydrogen-bond acceptors (Lipinski definition) is 4. The molecule has 2 amide bonds. The fourth-order valence-corrected chi connectivity index (χ4v) is 6.23. The van der Waals surface area contributed by atoms with Crippen molar-refractivity contribution in [1.82, 2.24) is 9.80 Å². The second-order valence-electron chi connectivity index (χ2n) is 11.2. The van der Waals surface area contributed by atoms with Gasteiger partial charge >= 0.3 is 6.03 Å². The predicted octanol–water partition coefficient (Wildman–Crippen LogP) is 4.85. The predicted molar refractivity (Wildman–Crippen MR) is 143 cm³/mol. The van der Waals surface area contributed by atoms with Crippen molar-refractivity contribution >= 4 is 11.8 Å². The monoisotopic (exact) mass is 504 g/mol. The molecule has 37 heavy (non-hydrogen) atoms. The lowest BCUT2D eigenvalue weighted by molar-refractivity contribution is -0.125. The van der Waals surface area contributed by atoms with Crippen LogP contribution in [0.3, 0.4) is 0 Å². The average Bonchev–Trinajstić information content (AvgIpc) is 3.69. The number of carbonyl (C=O) groups is 2. The fraction of sp³-hybridized carbons (Fsp3) is 0.548. The lowest BCUT2D eigenvalue weighted by Crippen LogP contribution is -2.43. The number of ketones is 1. The van der Waals surface area contributed by atoms with Crippen LogP contribution in [0.5, 0.6) is 0 Å². The van der Waals surface area contributed by atoms with Gasteiger partial charge in [-0.2, -0.15) is 0 Å². The summed E-state index contributed by atoms with van der Waals surface area (Å²) in [6.45, 7) is 1.62. The van der Waals surface area contributed by atoms with E-state index in [2.05, 4.69) is 24.3 Å². The van der Waals surface area contributed by atoms with Crippen LogP contribution in [-0.4, -0.2) is 63.7 Å². The zero-order valence-corrected chi connectivity index (χ0v) is 21.7. The van der Waals surface area contributed by atoms with E-state index in [9.17, 15) is 19.8 Å². The van der Waals surface area contributed by atoms with Gasteiger partial charge < -0.3 is 20.0 Å². The van der Waals surface area contributed by atoms with Crippen LogP contribution in [-0.2, 0) is 11.3 Å². The number of nitrogens with zero attached hydrogens (tertiary/aromatic N) is 2. The smallest absolute Gasteiger partial charge is 0.320 e. The molecule has 2 aromatic carbocycles. The van der Waals surface area contributed by atoms with Crippen LogP contribution in [0.4, 0.5) is 4.79 Å². The van der Waals surface area contributed by atoms with E-state index in [-0.39, 0.29) is 36.2 Å². The number of Topliss-reactive ketones (excluding diaryl/α,β-unsaturated/α-hetero) is 1.